The number of likely N-dealkylation sites (tertiary alicyclic amines) is 1. The summed E-state index contributed by atoms with van der Waals surface area (Å²) in [5.41, 5.74) is 4.29. The third-order valence-electron chi connectivity index (χ3n) is 5.64. The number of benzene rings is 2. The largest absolute Gasteiger partial charge is 0.376 e. The van der Waals surface area contributed by atoms with Crippen molar-refractivity contribution < 1.29 is 37.5 Å². The predicted molar refractivity (Wildman–Crippen MR) is 131 cm³/mol. The molecule has 0 radical (unpaired) electrons. The topological polar surface area (TPSA) is 186 Å². The van der Waals surface area contributed by atoms with Crippen molar-refractivity contribution in [2.24, 2.45) is 5.73 Å². The van der Waals surface area contributed by atoms with Gasteiger partial charge >= 0.3 is 7.60 Å². The number of nitrogens with zero attached hydrogens (tertiary/aromatic N) is 1. The lowest BCUT2D eigenvalue weighted by molar-refractivity contribution is -0.137. The molecule has 1 fully saturated rings. The molecule has 0 bridgehead atoms. The van der Waals surface area contributed by atoms with Crippen molar-refractivity contribution in [1.82, 2.24) is 10.2 Å². The summed E-state index contributed by atoms with van der Waals surface area (Å²) in [6, 6.07) is 6.11. The lowest BCUT2D eigenvalue weighted by atomic mass is 10.1. The number of anilines is 1. The van der Waals surface area contributed by atoms with Crippen molar-refractivity contribution >= 4 is 53.6 Å². The van der Waals surface area contributed by atoms with E-state index >= 15 is 0 Å². The summed E-state index contributed by atoms with van der Waals surface area (Å²) in [4.78, 5) is 56.9. The Kier molecular flexibility index (Phi) is 8.64. The number of nitrogens with one attached hydrogen (secondary N) is 3. The number of hydrogen-bond acceptors (Lipinski definition) is 6. The van der Waals surface area contributed by atoms with E-state index in [1.165, 1.54) is 18.2 Å². The minimum atomic E-state index is -4.72. The number of halogens is 3. The molecule has 1 aliphatic heterocycles. The van der Waals surface area contributed by atoms with Gasteiger partial charge in [-0.15, -0.1) is 0 Å². The standard InChI is InChI=1S/C22H23ClF2N5O6P/c23-15-3-1-2-11(19(15)25)8-29-22(33)17-6-12(24)10-30(17)18(31)9-28-16-7-13(37(34,35)36)4-5-14(16)20(26)21(27)32/h1-5,7,12,17,26,28H,6,8-10H2,(H2,27,32)(H,29,33)(H2,34,35,36)/t12-,17+/m1/s1. The number of hydrogen-bond donors (Lipinski definition) is 6. The van der Waals surface area contributed by atoms with E-state index in [0.717, 1.165) is 23.1 Å². The first-order valence-corrected chi connectivity index (χ1v) is 12.8. The SMILES string of the molecule is N=C(C(N)=O)c1ccc(P(=O)(O)O)cc1NCC(=O)N1C[C@H](F)C[C@H]1C(=O)NCc1cccc(Cl)c1F. The number of alkyl halides is 1. The second-order valence-electron chi connectivity index (χ2n) is 8.19. The molecule has 2 atom stereocenters. The van der Waals surface area contributed by atoms with Gasteiger partial charge in [-0.2, -0.15) is 0 Å². The Morgan fingerprint density at radius 2 is 1.95 bits per heavy atom. The summed E-state index contributed by atoms with van der Waals surface area (Å²) in [7, 11) is -4.72. The summed E-state index contributed by atoms with van der Waals surface area (Å²) in [5.74, 6) is -3.29. The zero-order chi connectivity index (χ0) is 27.5. The van der Waals surface area contributed by atoms with Crippen LogP contribution in [0.2, 0.25) is 5.02 Å². The van der Waals surface area contributed by atoms with E-state index in [-0.39, 0.29) is 34.8 Å². The first-order chi connectivity index (χ1) is 17.3. The van der Waals surface area contributed by atoms with Gasteiger partial charge in [0.05, 0.1) is 23.4 Å². The van der Waals surface area contributed by atoms with Crippen LogP contribution in [0.1, 0.15) is 17.5 Å². The molecule has 0 spiro atoms. The van der Waals surface area contributed by atoms with Crippen LogP contribution in [0, 0.1) is 11.2 Å². The Morgan fingerprint density at radius 3 is 2.59 bits per heavy atom. The monoisotopic (exact) mass is 557 g/mol. The highest BCUT2D eigenvalue weighted by molar-refractivity contribution is 7.60. The molecule has 11 nitrogen and oxygen atoms in total. The van der Waals surface area contributed by atoms with Crippen LogP contribution in [0.15, 0.2) is 36.4 Å². The molecule has 198 valence electrons. The number of amides is 3. The molecule has 2 aromatic carbocycles. The van der Waals surface area contributed by atoms with Gasteiger partial charge in [0.1, 0.15) is 23.7 Å². The molecule has 0 unspecified atom stereocenters. The first kappa shape index (κ1) is 28.2. The number of carbonyl (C=O) groups is 3. The molecule has 7 N–H and O–H groups in total. The maximum atomic E-state index is 14.2. The molecule has 2 aromatic rings. The molecule has 3 amide bonds. The molecule has 37 heavy (non-hydrogen) atoms. The normalized spacial score (nSPS) is 17.4. The van der Waals surface area contributed by atoms with Crippen LogP contribution in [0.3, 0.4) is 0 Å². The number of rotatable bonds is 9. The highest BCUT2D eigenvalue weighted by atomic mass is 35.5. The van der Waals surface area contributed by atoms with E-state index in [1.807, 2.05) is 0 Å². The molecule has 3 rings (SSSR count). The maximum Gasteiger partial charge on any atom is 0.356 e. The van der Waals surface area contributed by atoms with Gasteiger partial charge in [-0.3, -0.25) is 24.4 Å². The minimum absolute atomic E-state index is 0.101. The Labute approximate surface area is 214 Å². The van der Waals surface area contributed by atoms with Crippen molar-refractivity contribution in [1.29, 1.82) is 5.41 Å². The van der Waals surface area contributed by atoms with Crippen LogP contribution in [0.4, 0.5) is 14.5 Å². The Balaban J connectivity index is 1.74. The van der Waals surface area contributed by atoms with Gasteiger partial charge in [-0.05, 0) is 24.3 Å². The Morgan fingerprint density at radius 1 is 1.24 bits per heavy atom. The molecule has 0 aromatic heterocycles. The van der Waals surface area contributed by atoms with E-state index < -0.39 is 67.5 Å². The fraction of sp³-hybridized carbons (Fsp3) is 0.273. The van der Waals surface area contributed by atoms with Crippen molar-refractivity contribution in [2.75, 3.05) is 18.4 Å². The van der Waals surface area contributed by atoms with E-state index in [0.29, 0.717) is 0 Å². The predicted octanol–water partition coefficient (Wildman–Crippen LogP) is 0.803. The lowest BCUT2D eigenvalue weighted by Crippen LogP contribution is -2.47. The Bertz CT molecular complexity index is 1310. The third kappa shape index (κ3) is 6.69. The summed E-state index contributed by atoms with van der Waals surface area (Å²) >= 11 is 5.73. The van der Waals surface area contributed by atoms with Crippen LogP contribution >= 0.6 is 19.2 Å². The van der Waals surface area contributed by atoms with Gasteiger partial charge in [-0.25, -0.2) is 8.78 Å². The van der Waals surface area contributed by atoms with Gasteiger partial charge in [0, 0.05) is 29.8 Å². The van der Waals surface area contributed by atoms with Crippen LogP contribution in [-0.2, 0) is 25.5 Å². The van der Waals surface area contributed by atoms with Crippen LogP contribution < -0.4 is 21.7 Å². The first-order valence-electron chi connectivity index (χ1n) is 10.8. The van der Waals surface area contributed by atoms with Gasteiger partial charge < -0.3 is 31.1 Å². The summed E-state index contributed by atoms with van der Waals surface area (Å²) in [6.45, 7) is -1.20. The fourth-order valence-electron chi connectivity index (χ4n) is 3.78. The van der Waals surface area contributed by atoms with Crippen LogP contribution in [-0.4, -0.2) is 63.4 Å². The molecule has 1 saturated heterocycles. The van der Waals surface area contributed by atoms with Gasteiger partial charge in [-0.1, -0.05) is 23.7 Å². The quantitative estimate of drug-likeness (QED) is 0.194. The van der Waals surface area contributed by atoms with E-state index in [2.05, 4.69) is 10.6 Å². The minimum Gasteiger partial charge on any atom is -0.376 e. The maximum absolute atomic E-state index is 14.2. The number of carbonyl (C=O) groups excluding carboxylic acids is 3. The molecule has 0 aliphatic carbocycles. The molecular formula is C22H23ClF2N5O6P. The van der Waals surface area contributed by atoms with Crippen LogP contribution in [0.5, 0.6) is 0 Å². The van der Waals surface area contributed by atoms with E-state index in [9.17, 15) is 37.5 Å². The lowest BCUT2D eigenvalue weighted by Gasteiger charge is -2.24. The highest BCUT2D eigenvalue weighted by Gasteiger charge is 2.39. The molecule has 15 heteroatoms. The van der Waals surface area contributed by atoms with Gasteiger partial charge in [0.25, 0.3) is 5.91 Å². The second-order valence-corrected chi connectivity index (χ2v) is 10.2. The smallest absolute Gasteiger partial charge is 0.356 e. The van der Waals surface area contributed by atoms with Crippen molar-refractivity contribution in [3.63, 3.8) is 0 Å². The molecule has 1 aliphatic rings. The third-order valence-corrected chi connectivity index (χ3v) is 6.89. The van der Waals surface area contributed by atoms with Crippen molar-refractivity contribution in [3.8, 4) is 0 Å². The average Bonchev–Trinajstić information content (AvgIpc) is 3.23. The summed E-state index contributed by atoms with van der Waals surface area (Å²) in [6.07, 6.45) is -1.79. The average molecular weight is 558 g/mol. The molecule has 1 heterocycles. The van der Waals surface area contributed by atoms with E-state index in [1.54, 1.807) is 0 Å². The number of primary amides is 1. The zero-order valence-electron chi connectivity index (χ0n) is 19.1. The highest BCUT2D eigenvalue weighted by Crippen LogP contribution is 2.34. The molecule has 0 saturated carbocycles. The second kappa shape index (κ2) is 11.3. The van der Waals surface area contributed by atoms with Crippen molar-refractivity contribution in [3.05, 3.63) is 58.4 Å². The molecular weight excluding hydrogens is 535 g/mol. The fourth-order valence-corrected chi connectivity index (χ4v) is 4.54. The summed E-state index contributed by atoms with van der Waals surface area (Å²) in [5, 5.41) is 12.3. The van der Waals surface area contributed by atoms with Gasteiger partial charge in [0.2, 0.25) is 11.8 Å². The zero-order valence-corrected chi connectivity index (χ0v) is 20.7. The summed E-state index contributed by atoms with van der Waals surface area (Å²) < 4.78 is 39.9. The Hall–Kier alpha value is -3.38. The number of nitrogens with two attached hydrogens (primary N) is 1. The van der Waals surface area contributed by atoms with Crippen molar-refractivity contribution in [2.45, 2.75) is 25.2 Å². The van der Waals surface area contributed by atoms with Crippen LogP contribution in [0.25, 0.3) is 0 Å². The van der Waals surface area contributed by atoms with E-state index in [4.69, 9.17) is 22.7 Å². The van der Waals surface area contributed by atoms with Gasteiger partial charge in [0.15, 0.2) is 0 Å².